The molecule has 1 heterocycles. The molecule has 0 aromatic carbocycles. The first-order valence-electron chi connectivity index (χ1n) is 8.25. The van der Waals surface area contributed by atoms with Crippen LogP contribution in [0.15, 0.2) is 0 Å². The van der Waals surface area contributed by atoms with Gasteiger partial charge in [-0.25, -0.2) is 0 Å². The van der Waals surface area contributed by atoms with E-state index in [1.165, 1.54) is 12.8 Å². The van der Waals surface area contributed by atoms with Crippen LogP contribution >= 0.6 is 0 Å². The highest BCUT2D eigenvalue weighted by Crippen LogP contribution is 2.36. The molecule has 0 atom stereocenters. The summed E-state index contributed by atoms with van der Waals surface area (Å²) in [4.78, 5) is 17.4. The van der Waals surface area contributed by atoms with E-state index in [-0.39, 0.29) is 5.41 Å². The molecule has 2 fully saturated rings. The Balaban J connectivity index is 2.03. The lowest BCUT2D eigenvalue weighted by molar-refractivity contribution is -0.144. The van der Waals surface area contributed by atoms with Crippen molar-refractivity contribution < 1.29 is 4.79 Å². The second kappa shape index (κ2) is 6.90. The third-order valence-corrected chi connectivity index (χ3v) is 5.46. The molecule has 0 aromatic heterocycles. The Morgan fingerprint density at radius 3 is 2.25 bits per heavy atom. The molecule has 0 aromatic rings. The van der Waals surface area contributed by atoms with Crippen molar-refractivity contribution in [3.63, 3.8) is 0 Å². The SMILES string of the molecule is CN1CCC(N(C)C(=O)C2(CN)CCCCCC2)CC1. The molecule has 2 rings (SSSR count). The first-order valence-corrected chi connectivity index (χ1v) is 8.25. The Morgan fingerprint density at radius 2 is 1.75 bits per heavy atom. The summed E-state index contributed by atoms with van der Waals surface area (Å²) in [7, 11) is 4.16. The van der Waals surface area contributed by atoms with E-state index in [0.29, 0.717) is 18.5 Å². The van der Waals surface area contributed by atoms with Crippen molar-refractivity contribution in [3.8, 4) is 0 Å². The quantitative estimate of drug-likeness (QED) is 0.803. The van der Waals surface area contributed by atoms with Crippen molar-refractivity contribution in [2.45, 2.75) is 57.4 Å². The summed E-state index contributed by atoms with van der Waals surface area (Å²) in [6, 6.07) is 0.408. The molecule has 1 aliphatic carbocycles. The van der Waals surface area contributed by atoms with Gasteiger partial charge in [-0.3, -0.25) is 4.79 Å². The summed E-state index contributed by atoms with van der Waals surface area (Å²) in [5, 5.41) is 0. The number of hydrogen-bond donors (Lipinski definition) is 1. The number of rotatable bonds is 3. The van der Waals surface area contributed by atoms with E-state index in [1.54, 1.807) is 0 Å². The predicted octanol–water partition coefficient (Wildman–Crippen LogP) is 1.84. The number of likely N-dealkylation sites (tertiary alicyclic amines) is 1. The normalized spacial score (nSPS) is 25.1. The molecular formula is C16H31N3O. The number of hydrogen-bond acceptors (Lipinski definition) is 3. The van der Waals surface area contributed by atoms with Crippen LogP contribution in [0.1, 0.15) is 51.4 Å². The summed E-state index contributed by atoms with van der Waals surface area (Å²) in [6.45, 7) is 2.71. The lowest BCUT2D eigenvalue weighted by Crippen LogP contribution is -2.52. The predicted molar refractivity (Wildman–Crippen MR) is 82.5 cm³/mol. The number of carbonyl (C=O) groups excluding carboxylic acids is 1. The Kier molecular flexibility index (Phi) is 5.44. The van der Waals surface area contributed by atoms with E-state index in [9.17, 15) is 4.79 Å². The maximum absolute atomic E-state index is 13.0. The highest BCUT2D eigenvalue weighted by molar-refractivity contribution is 5.83. The number of carbonyl (C=O) groups is 1. The van der Waals surface area contributed by atoms with Gasteiger partial charge < -0.3 is 15.5 Å². The number of amides is 1. The molecule has 1 amide bonds. The first-order chi connectivity index (χ1) is 9.59. The largest absolute Gasteiger partial charge is 0.342 e. The summed E-state index contributed by atoms with van der Waals surface area (Å²) >= 11 is 0. The number of piperidine rings is 1. The van der Waals surface area contributed by atoms with Gasteiger partial charge in [0.25, 0.3) is 0 Å². The zero-order valence-electron chi connectivity index (χ0n) is 13.2. The fourth-order valence-electron chi connectivity index (χ4n) is 3.83. The van der Waals surface area contributed by atoms with Gasteiger partial charge in [-0.1, -0.05) is 25.7 Å². The molecule has 1 aliphatic heterocycles. The summed E-state index contributed by atoms with van der Waals surface area (Å²) in [5.74, 6) is 0.316. The molecule has 0 unspecified atom stereocenters. The van der Waals surface area contributed by atoms with E-state index < -0.39 is 0 Å². The van der Waals surface area contributed by atoms with Crippen molar-refractivity contribution in [2.75, 3.05) is 33.7 Å². The number of nitrogens with two attached hydrogens (primary N) is 1. The van der Waals surface area contributed by atoms with Crippen molar-refractivity contribution in [2.24, 2.45) is 11.1 Å². The highest BCUT2D eigenvalue weighted by Gasteiger charge is 2.40. The fourth-order valence-corrected chi connectivity index (χ4v) is 3.83. The molecule has 1 saturated carbocycles. The second-order valence-corrected chi connectivity index (χ2v) is 6.85. The molecular weight excluding hydrogens is 250 g/mol. The van der Waals surface area contributed by atoms with Crippen LogP contribution < -0.4 is 5.73 Å². The average molecular weight is 281 g/mol. The minimum atomic E-state index is -0.269. The molecule has 4 nitrogen and oxygen atoms in total. The molecule has 2 N–H and O–H groups in total. The van der Waals surface area contributed by atoms with E-state index >= 15 is 0 Å². The monoisotopic (exact) mass is 281 g/mol. The lowest BCUT2D eigenvalue weighted by Gasteiger charge is -2.40. The Hall–Kier alpha value is -0.610. The van der Waals surface area contributed by atoms with E-state index in [0.717, 1.165) is 51.6 Å². The van der Waals surface area contributed by atoms with Gasteiger partial charge in [0.1, 0.15) is 0 Å². The van der Waals surface area contributed by atoms with Crippen molar-refractivity contribution in [1.82, 2.24) is 9.80 Å². The van der Waals surface area contributed by atoms with Crippen LogP contribution in [0.25, 0.3) is 0 Å². The molecule has 116 valence electrons. The minimum Gasteiger partial charge on any atom is -0.342 e. The Bertz CT molecular complexity index is 316. The standard InChI is InChI=1S/C16H31N3O/c1-18-11-7-14(8-12-18)19(2)15(20)16(13-17)9-5-3-4-6-10-16/h14H,3-13,17H2,1-2H3. The van der Waals surface area contributed by atoms with E-state index in [1.807, 2.05) is 11.9 Å². The molecule has 4 heteroatoms. The topological polar surface area (TPSA) is 49.6 Å². The summed E-state index contributed by atoms with van der Waals surface area (Å²) in [5.41, 5.74) is 5.77. The van der Waals surface area contributed by atoms with Crippen LogP contribution in [0.3, 0.4) is 0 Å². The van der Waals surface area contributed by atoms with Crippen molar-refractivity contribution >= 4 is 5.91 Å². The van der Waals surface area contributed by atoms with Gasteiger partial charge in [-0.15, -0.1) is 0 Å². The van der Waals surface area contributed by atoms with Gasteiger partial charge in [0, 0.05) is 19.6 Å². The molecule has 0 bridgehead atoms. The highest BCUT2D eigenvalue weighted by atomic mass is 16.2. The minimum absolute atomic E-state index is 0.269. The summed E-state index contributed by atoms with van der Waals surface area (Å²) < 4.78 is 0. The second-order valence-electron chi connectivity index (χ2n) is 6.85. The van der Waals surface area contributed by atoms with Crippen LogP contribution in [0, 0.1) is 5.41 Å². The van der Waals surface area contributed by atoms with Crippen LogP contribution in [-0.4, -0.2) is 55.5 Å². The van der Waals surface area contributed by atoms with Gasteiger partial charge in [0.2, 0.25) is 5.91 Å². The van der Waals surface area contributed by atoms with Crippen LogP contribution in [0.2, 0.25) is 0 Å². The van der Waals surface area contributed by atoms with Crippen LogP contribution in [0.5, 0.6) is 0 Å². The zero-order valence-corrected chi connectivity index (χ0v) is 13.2. The van der Waals surface area contributed by atoms with E-state index in [2.05, 4.69) is 11.9 Å². The van der Waals surface area contributed by atoms with Crippen molar-refractivity contribution in [3.05, 3.63) is 0 Å². The Labute approximate surface area is 123 Å². The smallest absolute Gasteiger partial charge is 0.230 e. The maximum atomic E-state index is 13.0. The van der Waals surface area contributed by atoms with Crippen LogP contribution in [-0.2, 0) is 4.79 Å². The Morgan fingerprint density at radius 1 is 1.20 bits per heavy atom. The number of nitrogens with zero attached hydrogens (tertiary/aromatic N) is 2. The van der Waals surface area contributed by atoms with Crippen LogP contribution in [0.4, 0.5) is 0 Å². The molecule has 2 aliphatic rings. The van der Waals surface area contributed by atoms with E-state index in [4.69, 9.17) is 5.73 Å². The van der Waals surface area contributed by atoms with Gasteiger partial charge in [0.05, 0.1) is 5.41 Å². The first kappa shape index (κ1) is 15.8. The van der Waals surface area contributed by atoms with Gasteiger partial charge in [-0.05, 0) is 45.8 Å². The molecule has 0 radical (unpaired) electrons. The van der Waals surface area contributed by atoms with Gasteiger partial charge >= 0.3 is 0 Å². The van der Waals surface area contributed by atoms with Gasteiger partial charge in [0.15, 0.2) is 0 Å². The third-order valence-electron chi connectivity index (χ3n) is 5.46. The maximum Gasteiger partial charge on any atom is 0.230 e. The fraction of sp³-hybridized carbons (Fsp3) is 0.938. The average Bonchev–Trinajstić information content (AvgIpc) is 2.73. The summed E-state index contributed by atoms with van der Waals surface area (Å²) in [6.07, 6.45) is 8.99. The van der Waals surface area contributed by atoms with Gasteiger partial charge in [-0.2, -0.15) is 0 Å². The third kappa shape index (κ3) is 3.34. The molecule has 20 heavy (non-hydrogen) atoms. The van der Waals surface area contributed by atoms with Crippen molar-refractivity contribution in [1.29, 1.82) is 0 Å². The molecule has 1 saturated heterocycles. The zero-order chi connectivity index (χ0) is 14.6. The molecule has 0 spiro atoms. The lowest BCUT2D eigenvalue weighted by atomic mass is 9.78.